The standard InChI is InChI=1S/C7H10N4O/c8-7-5(2-1-3-10-7)4-6(12)11-9/h1-3H,4,9H2,(H2,8,10)(H,11,12). The summed E-state index contributed by atoms with van der Waals surface area (Å²) in [5.41, 5.74) is 8.19. The van der Waals surface area contributed by atoms with Crippen molar-refractivity contribution in [3.05, 3.63) is 23.9 Å². The lowest BCUT2D eigenvalue weighted by molar-refractivity contribution is -0.120. The Balaban J connectivity index is 2.75. The molecule has 12 heavy (non-hydrogen) atoms. The number of carbonyl (C=O) groups is 1. The molecule has 0 spiro atoms. The summed E-state index contributed by atoms with van der Waals surface area (Å²) in [5, 5.41) is 0. The number of nitrogens with zero attached hydrogens (tertiary/aromatic N) is 1. The molecule has 0 fully saturated rings. The number of hydrogen-bond acceptors (Lipinski definition) is 4. The van der Waals surface area contributed by atoms with E-state index < -0.39 is 0 Å². The molecule has 1 amide bonds. The lowest BCUT2D eigenvalue weighted by atomic mass is 10.2. The van der Waals surface area contributed by atoms with Crippen LogP contribution in [0.5, 0.6) is 0 Å². The van der Waals surface area contributed by atoms with Crippen molar-refractivity contribution in [3.63, 3.8) is 0 Å². The minimum Gasteiger partial charge on any atom is -0.383 e. The number of aromatic nitrogens is 1. The largest absolute Gasteiger partial charge is 0.383 e. The number of hydrazine groups is 1. The number of hydrogen-bond donors (Lipinski definition) is 3. The van der Waals surface area contributed by atoms with Crippen molar-refractivity contribution < 1.29 is 4.79 Å². The molecule has 1 heterocycles. The lowest BCUT2D eigenvalue weighted by Gasteiger charge is -2.01. The Labute approximate surface area is 69.7 Å². The second-order valence-corrected chi connectivity index (χ2v) is 2.29. The molecule has 0 aliphatic rings. The molecular formula is C7H10N4O. The number of carbonyl (C=O) groups excluding carboxylic acids is 1. The van der Waals surface area contributed by atoms with Crippen LogP contribution in [0.15, 0.2) is 18.3 Å². The molecule has 0 aromatic carbocycles. The first-order valence-electron chi connectivity index (χ1n) is 3.43. The number of pyridine rings is 1. The van der Waals surface area contributed by atoms with E-state index in [0.29, 0.717) is 11.4 Å². The monoisotopic (exact) mass is 166 g/mol. The van der Waals surface area contributed by atoms with Gasteiger partial charge in [-0.05, 0) is 6.07 Å². The van der Waals surface area contributed by atoms with Crippen LogP contribution in [0.2, 0.25) is 0 Å². The van der Waals surface area contributed by atoms with Crippen molar-refractivity contribution in [1.82, 2.24) is 10.4 Å². The summed E-state index contributed by atoms with van der Waals surface area (Å²) in [7, 11) is 0. The number of rotatable bonds is 2. The fourth-order valence-electron chi connectivity index (χ4n) is 0.824. The predicted molar refractivity (Wildman–Crippen MR) is 44.7 cm³/mol. The van der Waals surface area contributed by atoms with Crippen LogP contribution in [0.3, 0.4) is 0 Å². The Bertz CT molecular complexity index is 286. The zero-order chi connectivity index (χ0) is 8.97. The average Bonchev–Trinajstić information content (AvgIpc) is 2.09. The molecule has 1 aromatic rings. The van der Waals surface area contributed by atoms with Gasteiger partial charge in [0, 0.05) is 11.8 Å². The Morgan fingerprint density at radius 2 is 2.42 bits per heavy atom. The molecule has 0 radical (unpaired) electrons. The van der Waals surface area contributed by atoms with E-state index in [1.165, 1.54) is 0 Å². The zero-order valence-electron chi connectivity index (χ0n) is 6.45. The topological polar surface area (TPSA) is 94.0 Å². The van der Waals surface area contributed by atoms with Crippen molar-refractivity contribution in [2.75, 3.05) is 5.73 Å². The molecule has 0 aliphatic carbocycles. The smallest absolute Gasteiger partial charge is 0.238 e. The van der Waals surface area contributed by atoms with Gasteiger partial charge >= 0.3 is 0 Å². The van der Waals surface area contributed by atoms with Crippen LogP contribution in [0.25, 0.3) is 0 Å². The van der Waals surface area contributed by atoms with Crippen LogP contribution >= 0.6 is 0 Å². The van der Waals surface area contributed by atoms with Gasteiger partial charge in [0.05, 0.1) is 6.42 Å². The van der Waals surface area contributed by atoms with Gasteiger partial charge in [0.1, 0.15) is 5.82 Å². The van der Waals surface area contributed by atoms with E-state index in [2.05, 4.69) is 4.98 Å². The van der Waals surface area contributed by atoms with E-state index in [9.17, 15) is 4.79 Å². The van der Waals surface area contributed by atoms with Crippen LogP contribution in [0, 0.1) is 0 Å². The third-order valence-corrected chi connectivity index (χ3v) is 1.44. The van der Waals surface area contributed by atoms with Crippen LogP contribution in [-0.2, 0) is 11.2 Å². The molecule has 0 saturated carbocycles. The molecule has 5 nitrogen and oxygen atoms in total. The molecule has 5 heteroatoms. The number of nitrogens with two attached hydrogens (primary N) is 2. The highest BCUT2D eigenvalue weighted by atomic mass is 16.2. The highest BCUT2D eigenvalue weighted by molar-refractivity contribution is 5.79. The van der Waals surface area contributed by atoms with Crippen LogP contribution in [0.1, 0.15) is 5.56 Å². The van der Waals surface area contributed by atoms with E-state index in [0.717, 1.165) is 0 Å². The van der Waals surface area contributed by atoms with E-state index in [4.69, 9.17) is 11.6 Å². The second kappa shape index (κ2) is 3.68. The third-order valence-electron chi connectivity index (χ3n) is 1.44. The number of nitrogens with one attached hydrogen (secondary N) is 1. The molecule has 0 aliphatic heterocycles. The summed E-state index contributed by atoms with van der Waals surface area (Å²) in [4.78, 5) is 14.6. The van der Waals surface area contributed by atoms with Crippen molar-refractivity contribution in [3.8, 4) is 0 Å². The van der Waals surface area contributed by atoms with Gasteiger partial charge in [-0.2, -0.15) is 0 Å². The average molecular weight is 166 g/mol. The minimum absolute atomic E-state index is 0.163. The Morgan fingerprint density at radius 1 is 1.67 bits per heavy atom. The van der Waals surface area contributed by atoms with Crippen molar-refractivity contribution in [2.24, 2.45) is 5.84 Å². The van der Waals surface area contributed by atoms with E-state index >= 15 is 0 Å². The van der Waals surface area contributed by atoms with Gasteiger partial charge in [-0.15, -0.1) is 0 Å². The second-order valence-electron chi connectivity index (χ2n) is 2.29. The maximum absolute atomic E-state index is 10.8. The van der Waals surface area contributed by atoms with Gasteiger partial charge in [-0.25, -0.2) is 10.8 Å². The van der Waals surface area contributed by atoms with Gasteiger partial charge in [0.15, 0.2) is 0 Å². The van der Waals surface area contributed by atoms with Crippen molar-refractivity contribution in [1.29, 1.82) is 0 Å². The first-order valence-corrected chi connectivity index (χ1v) is 3.43. The highest BCUT2D eigenvalue weighted by Gasteiger charge is 2.03. The Kier molecular flexibility index (Phi) is 2.60. The SMILES string of the molecule is NNC(=O)Cc1cccnc1N. The van der Waals surface area contributed by atoms with Gasteiger partial charge in [-0.3, -0.25) is 10.2 Å². The van der Waals surface area contributed by atoms with Crippen molar-refractivity contribution in [2.45, 2.75) is 6.42 Å². The fourth-order valence-corrected chi connectivity index (χ4v) is 0.824. The lowest BCUT2D eigenvalue weighted by Crippen LogP contribution is -2.31. The molecule has 0 bridgehead atoms. The number of anilines is 1. The maximum atomic E-state index is 10.8. The summed E-state index contributed by atoms with van der Waals surface area (Å²) in [6, 6.07) is 3.45. The maximum Gasteiger partial charge on any atom is 0.238 e. The van der Waals surface area contributed by atoms with Gasteiger partial charge < -0.3 is 5.73 Å². The fraction of sp³-hybridized carbons (Fsp3) is 0.143. The molecule has 0 atom stereocenters. The quantitative estimate of drug-likeness (QED) is 0.304. The van der Waals surface area contributed by atoms with E-state index in [-0.39, 0.29) is 12.3 Å². The molecule has 0 unspecified atom stereocenters. The Hall–Kier alpha value is -1.62. The van der Waals surface area contributed by atoms with Crippen molar-refractivity contribution >= 4 is 11.7 Å². The highest BCUT2D eigenvalue weighted by Crippen LogP contribution is 2.06. The number of amides is 1. The molecule has 5 N–H and O–H groups in total. The summed E-state index contributed by atoms with van der Waals surface area (Å²) >= 11 is 0. The van der Waals surface area contributed by atoms with Crippen LogP contribution in [0.4, 0.5) is 5.82 Å². The summed E-state index contributed by atoms with van der Waals surface area (Å²) in [5.74, 6) is 4.99. The van der Waals surface area contributed by atoms with Gasteiger partial charge in [0.25, 0.3) is 0 Å². The van der Waals surface area contributed by atoms with Gasteiger partial charge in [0.2, 0.25) is 5.91 Å². The Morgan fingerprint density at radius 3 is 3.00 bits per heavy atom. The molecule has 1 rings (SSSR count). The molecule has 0 saturated heterocycles. The minimum atomic E-state index is -0.283. The summed E-state index contributed by atoms with van der Waals surface area (Å²) in [6.45, 7) is 0. The van der Waals surface area contributed by atoms with E-state index in [1.54, 1.807) is 18.3 Å². The molecular weight excluding hydrogens is 156 g/mol. The predicted octanol–water partition coefficient (Wildman–Crippen LogP) is -0.804. The molecule has 64 valence electrons. The zero-order valence-corrected chi connectivity index (χ0v) is 6.45. The normalized spacial score (nSPS) is 9.42. The summed E-state index contributed by atoms with van der Waals surface area (Å²) in [6.07, 6.45) is 1.73. The molecule has 1 aromatic heterocycles. The van der Waals surface area contributed by atoms with Gasteiger partial charge in [-0.1, -0.05) is 6.07 Å². The van der Waals surface area contributed by atoms with Crippen LogP contribution in [-0.4, -0.2) is 10.9 Å². The van der Waals surface area contributed by atoms with Crippen LogP contribution < -0.4 is 17.0 Å². The number of nitrogen functional groups attached to an aromatic ring is 1. The third kappa shape index (κ3) is 1.93. The first-order chi connectivity index (χ1) is 5.74. The summed E-state index contributed by atoms with van der Waals surface area (Å²) < 4.78 is 0. The van der Waals surface area contributed by atoms with E-state index in [1.807, 2.05) is 5.43 Å². The first kappa shape index (κ1) is 8.48.